The van der Waals surface area contributed by atoms with E-state index in [2.05, 4.69) is 32.2 Å². The molecule has 1 aromatic carbocycles. The molecule has 19 heavy (non-hydrogen) atoms. The molecule has 1 saturated carbocycles. The van der Waals surface area contributed by atoms with E-state index < -0.39 is 0 Å². The van der Waals surface area contributed by atoms with Gasteiger partial charge in [0.2, 0.25) is 0 Å². The van der Waals surface area contributed by atoms with Crippen molar-refractivity contribution >= 4 is 27.5 Å². The molecule has 1 aliphatic carbocycles. The lowest BCUT2D eigenvalue weighted by Crippen LogP contribution is -2.27. The number of hydrogen-bond donors (Lipinski definition) is 1. The highest BCUT2D eigenvalue weighted by Gasteiger charge is 2.33. The van der Waals surface area contributed by atoms with Crippen LogP contribution in [0.4, 0.5) is 0 Å². The Kier molecular flexibility index (Phi) is 4.47. The van der Waals surface area contributed by atoms with Gasteiger partial charge in [-0.25, -0.2) is 0 Å². The van der Waals surface area contributed by atoms with Crippen LogP contribution < -0.4 is 5.32 Å². The van der Waals surface area contributed by atoms with Crippen LogP contribution in [0.1, 0.15) is 24.8 Å². The monoisotopic (exact) mass is 342 g/mol. The fourth-order valence-corrected chi connectivity index (χ4v) is 3.48. The van der Waals surface area contributed by atoms with Crippen LogP contribution in [0.5, 0.6) is 0 Å². The second kappa shape index (κ2) is 6.13. The summed E-state index contributed by atoms with van der Waals surface area (Å²) in [7, 11) is 0. The van der Waals surface area contributed by atoms with Gasteiger partial charge in [-0.05, 0) is 62.0 Å². The van der Waals surface area contributed by atoms with Crippen LogP contribution in [-0.4, -0.2) is 30.6 Å². The maximum absolute atomic E-state index is 6.20. The van der Waals surface area contributed by atoms with E-state index in [1.165, 1.54) is 37.9 Å². The largest absolute Gasteiger partial charge is 0.312 e. The minimum absolute atomic E-state index is 0.812. The summed E-state index contributed by atoms with van der Waals surface area (Å²) in [4.78, 5) is 2.67. The lowest BCUT2D eigenvalue weighted by Gasteiger charge is -2.15. The average Bonchev–Trinajstić information content (AvgIpc) is 3.14. The Morgan fingerprint density at radius 2 is 2.16 bits per heavy atom. The first-order chi connectivity index (χ1) is 9.22. The smallest absolute Gasteiger partial charge is 0.0451 e. The van der Waals surface area contributed by atoms with Gasteiger partial charge in [-0.1, -0.05) is 27.5 Å². The SMILES string of the molecule is Clc1ccc(Br)cc1CNCC1CCN(C2CC2)C1. The molecule has 2 aliphatic rings. The highest BCUT2D eigenvalue weighted by molar-refractivity contribution is 9.10. The van der Waals surface area contributed by atoms with Crippen molar-refractivity contribution in [3.05, 3.63) is 33.3 Å². The Labute approximate surface area is 128 Å². The van der Waals surface area contributed by atoms with Gasteiger partial charge >= 0.3 is 0 Å². The van der Waals surface area contributed by atoms with Crippen molar-refractivity contribution in [2.24, 2.45) is 5.92 Å². The van der Waals surface area contributed by atoms with E-state index in [1.807, 2.05) is 12.1 Å². The van der Waals surface area contributed by atoms with Crippen LogP contribution >= 0.6 is 27.5 Å². The fourth-order valence-electron chi connectivity index (χ4n) is 2.89. The van der Waals surface area contributed by atoms with Crippen molar-refractivity contribution in [2.75, 3.05) is 19.6 Å². The van der Waals surface area contributed by atoms with Crippen molar-refractivity contribution < 1.29 is 0 Å². The molecule has 1 atom stereocenters. The molecule has 0 radical (unpaired) electrons. The Morgan fingerprint density at radius 1 is 1.32 bits per heavy atom. The topological polar surface area (TPSA) is 15.3 Å². The Bertz CT molecular complexity index is 448. The second-order valence-corrected chi connectivity index (χ2v) is 7.07. The van der Waals surface area contributed by atoms with E-state index in [-0.39, 0.29) is 0 Å². The van der Waals surface area contributed by atoms with Crippen molar-refractivity contribution in [3.63, 3.8) is 0 Å². The van der Waals surface area contributed by atoms with E-state index in [9.17, 15) is 0 Å². The standard InChI is InChI=1S/C15H20BrClN2/c16-13-1-4-15(17)12(7-13)9-18-8-11-5-6-19(10-11)14-2-3-14/h1,4,7,11,14,18H,2-3,5-6,8-10H2. The molecule has 2 fully saturated rings. The summed E-state index contributed by atoms with van der Waals surface area (Å²) in [5.41, 5.74) is 1.17. The Morgan fingerprint density at radius 3 is 2.95 bits per heavy atom. The summed E-state index contributed by atoms with van der Waals surface area (Å²) in [6, 6.07) is 6.95. The molecular formula is C15H20BrClN2. The van der Waals surface area contributed by atoms with Crippen LogP contribution in [0.25, 0.3) is 0 Å². The van der Waals surface area contributed by atoms with Crippen LogP contribution in [0.3, 0.4) is 0 Å². The Balaban J connectivity index is 1.44. The average molecular weight is 344 g/mol. The predicted molar refractivity (Wildman–Crippen MR) is 83.6 cm³/mol. The zero-order valence-corrected chi connectivity index (χ0v) is 13.4. The van der Waals surface area contributed by atoms with Gasteiger partial charge in [-0.2, -0.15) is 0 Å². The number of hydrogen-bond acceptors (Lipinski definition) is 2. The molecule has 2 nitrogen and oxygen atoms in total. The summed E-state index contributed by atoms with van der Waals surface area (Å²) in [6.45, 7) is 4.54. The van der Waals surface area contributed by atoms with Gasteiger partial charge in [0.1, 0.15) is 0 Å². The van der Waals surface area contributed by atoms with E-state index >= 15 is 0 Å². The fraction of sp³-hybridized carbons (Fsp3) is 0.600. The third kappa shape index (κ3) is 3.72. The van der Waals surface area contributed by atoms with Crippen LogP contribution in [0.15, 0.2) is 22.7 Å². The molecule has 0 spiro atoms. The summed E-state index contributed by atoms with van der Waals surface area (Å²) < 4.78 is 1.09. The molecule has 0 amide bonds. The maximum atomic E-state index is 6.20. The van der Waals surface area contributed by atoms with Gasteiger partial charge in [0.15, 0.2) is 0 Å². The molecule has 1 heterocycles. The lowest BCUT2D eigenvalue weighted by molar-refractivity contribution is 0.312. The molecule has 104 valence electrons. The molecule has 1 aromatic rings. The quantitative estimate of drug-likeness (QED) is 0.877. The highest BCUT2D eigenvalue weighted by atomic mass is 79.9. The minimum atomic E-state index is 0.812. The Hall–Kier alpha value is -0.0900. The number of halogens is 2. The van der Waals surface area contributed by atoms with Crippen molar-refractivity contribution in [1.29, 1.82) is 0 Å². The predicted octanol–water partition coefficient (Wildman–Crippen LogP) is 3.68. The van der Waals surface area contributed by atoms with Gasteiger partial charge in [0.05, 0.1) is 0 Å². The first-order valence-electron chi connectivity index (χ1n) is 7.11. The number of likely N-dealkylation sites (tertiary alicyclic amines) is 1. The number of rotatable bonds is 5. The van der Waals surface area contributed by atoms with Gasteiger partial charge in [-0.15, -0.1) is 0 Å². The summed E-state index contributed by atoms with van der Waals surface area (Å²) in [5.74, 6) is 0.812. The van der Waals surface area contributed by atoms with E-state index in [0.717, 1.165) is 34.5 Å². The van der Waals surface area contributed by atoms with Crippen LogP contribution in [-0.2, 0) is 6.54 Å². The minimum Gasteiger partial charge on any atom is -0.312 e. The van der Waals surface area contributed by atoms with Gasteiger partial charge in [-0.3, -0.25) is 0 Å². The zero-order chi connectivity index (χ0) is 13.2. The van der Waals surface area contributed by atoms with E-state index in [1.54, 1.807) is 0 Å². The maximum Gasteiger partial charge on any atom is 0.0451 e. The first kappa shape index (κ1) is 13.9. The summed E-state index contributed by atoms with van der Waals surface area (Å²) in [5, 5.41) is 4.41. The molecule has 1 unspecified atom stereocenters. The normalized spacial score (nSPS) is 24.0. The highest BCUT2D eigenvalue weighted by Crippen LogP contribution is 2.31. The molecule has 4 heteroatoms. The van der Waals surface area contributed by atoms with Crippen molar-refractivity contribution in [2.45, 2.75) is 31.8 Å². The number of nitrogens with zero attached hydrogens (tertiary/aromatic N) is 1. The molecule has 1 aliphatic heterocycles. The molecule has 0 bridgehead atoms. The third-order valence-electron chi connectivity index (χ3n) is 4.14. The molecular weight excluding hydrogens is 324 g/mol. The van der Waals surface area contributed by atoms with E-state index in [4.69, 9.17) is 11.6 Å². The van der Waals surface area contributed by atoms with Gasteiger partial charge in [0, 0.05) is 28.6 Å². The lowest BCUT2D eigenvalue weighted by atomic mass is 10.1. The molecule has 3 rings (SSSR count). The van der Waals surface area contributed by atoms with Crippen molar-refractivity contribution in [3.8, 4) is 0 Å². The molecule has 1 N–H and O–H groups in total. The summed E-state index contributed by atoms with van der Waals surface area (Å²) >= 11 is 9.69. The molecule has 1 saturated heterocycles. The van der Waals surface area contributed by atoms with Gasteiger partial charge in [0.25, 0.3) is 0 Å². The number of nitrogens with one attached hydrogen (secondary N) is 1. The van der Waals surface area contributed by atoms with E-state index in [0.29, 0.717) is 0 Å². The van der Waals surface area contributed by atoms with Crippen LogP contribution in [0, 0.1) is 5.92 Å². The molecule has 0 aromatic heterocycles. The van der Waals surface area contributed by atoms with Crippen molar-refractivity contribution in [1.82, 2.24) is 10.2 Å². The second-order valence-electron chi connectivity index (χ2n) is 5.75. The first-order valence-corrected chi connectivity index (χ1v) is 8.28. The third-order valence-corrected chi connectivity index (χ3v) is 5.00. The van der Waals surface area contributed by atoms with Crippen LogP contribution in [0.2, 0.25) is 5.02 Å². The zero-order valence-electron chi connectivity index (χ0n) is 11.0. The summed E-state index contributed by atoms with van der Waals surface area (Å²) in [6.07, 6.45) is 4.19. The van der Waals surface area contributed by atoms with Gasteiger partial charge < -0.3 is 10.2 Å². The number of benzene rings is 1.